The first-order valence-corrected chi connectivity index (χ1v) is 19.8. The van der Waals surface area contributed by atoms with Crippen molar-refractivity contribution in [2.24, 2.45) is 0 Å². The molecule has 0 fully saturated rings. The summed E-state index contributed by atoms with van der Waals surface area (Å²) >= 11 is 0. The molecule has 1 aliphatic carbocycles. The van der Waals surface area contributed by atoms with Crippen LogP contribution in [0, 0.1) is 0 Å². The average molecular weight is 647 g/mol. The van der Waals surface area contributed by atoms with Crippen LogP contribution in [-0.4, -0.2) is 11.8 Å². The second-order valence-electron chi connectivity index (χ2n) is 11.3. The summed E-state index contributed by atoms with van der Waals surface area (Å²) in [7, 11) is -2.38. The van der Waals surface area contributed by atoms with Crippen molar-refractivity contribution in [3.63, 3.8) is 0 Å². The van der Waals surface area contributed by atoms with Crippen molar-refractivity contribution in [1.29, 1.82) is 0 Å². The number of ether oxygens (including phenoxy) is 1. The second kappa shape index (κ2) is 13.3. The first-order valence-electron chi connectivity index (χ1n) is 15.7. The van der Waals surface area contributed by atoms with Gasteiger partial charge in [-0.05, 0) is 50.3 Å². The maximum atomic E-state index is 7.51. The first-order chi connectivity index (χ1) is 22.9. The molecule has 6 aromatic carbocycles. The van der Waals surface area contributed by atoms with Crippen LogP contribution in [0.5, 0.6) is 5.75 Å². The maximum Gasteiger partial charge on any atom is 0.136 e. The zero-order valence-corrected chi connectivity index (χ0v) is 28.0. The molecule has 0 saturated carbocycles. The van der Waals surface area contributed by atoms with Crippen LogP contribution in [0.3, 0.4) is 0 Å². The molecule has 1 heterocycles. The normalized spacial score (nSPS) is 18.4. The quantitative estimate of drug-likeness (QED) is 0.163. The van der Waals surface area contributed by atoms with Crippen LogP contribution < -0.4 is 41.9 Å². The third-order valence-corrected chi connectivity index (χ3v) is 16.3. The van der Waals surface area contributed by atoms with E-state index in [1.54, 1.807) is 0 Å². The number of rotatable bonds is 7. The summed E-state index contributed by atoms with van der Waals surface area (Å²) in [4.78, 5) is 0. The van der Waals surface area contributed by atoms with Gasteiger partial charge in [-0.3, -0.25) is 0 Å². The Morgan fingerprint density at radius 3 is 1.48 bits per heavy atom. The van der Waals surface area contributed by atoms with Gasteiger partial charge in [0, 0.05) is 21.6 Å². The lowest BCUT2D eigenvalue weighted by Crippen LogP contribution is -2.45. The van der Waals surface area contributed by atoms with Crippen LogP contribution in [0.1, 0.15) is 0 Å². The van der Waals surface area contributed by atoms with Crippen LogP contribution in [0.2, 0.25) is 0 Å². The standard InChI is InChI=1S/C42H33OP3/c1-6-18-32(19-7-1)44(33-20-8-2-9-21-33)37-28-16-30-39-41(37)43-42-38(29-17-31-40(42)46(39)36-26-14-5-15-27-36)45(34-22-10-3-11-23-34)35-24-12-4-13-25-35/h1-31,39,41H. The van der Waals surface area contributed by atoms with E-state index in [2.05, 4.69) is 188 Å². The first kappa shape index (κ1) is 29.3. The van der Waals surface area contributed by atoms with Gasteiger partial charge in [0.1, 0.15) is 11.9 Å². The lowest BCUT2D eigenvalue weighted by atomic mass is 10.1. The Hall–Kier alpha value is -4.11. The van der Waals surface area contributed by atoms with Gasteiger partial charge in [0.2, 0.25) is 0 Å². The minimum atomic E-state index is -0.837. The number of fused-ring (bicyclic) bond motifs is 2. The van der Waals surface area contributed by atoms with Gasteiger partial charge in [-0.15, -0.1) is 0 Å². The van der Waals surface area contributed by atoms with Gasteiger partial charge < -0.3 is 4.74 Å². The SMILES string of the molecule is C1=CC2C(Oc3c(P(c4ccccc4)c4ccccc4)cccc3P2c2ccccc2)C(P(c2ccccc2)c2ccccc2)=C1. The zero-order valence-electron chi connectivity index (χ0n) is 25.3. The molecule has 1 aliphatic heterocycles. The smallest absolute Gasteiger partial charge is 0.136 e. The van der Waals surface area contributed by atoms with Crippen molar-refractivity contribution in [2.45, 2.75) is 11.8 Å². The van der Waals surface area contributed by atoms with Gasteiger partial charge in [0.15, 0.2) is 0 Å². The summed E-state index contributed by atoms with van der Waals surface area (Å²) in [5.74, 6) is 1.08. The fourth-order valence-corrected chi connectivity index (χ4v) is 14.6. The van der Waals surface area contributed by atoms with Gasteiger partial charge in [0.25, 0.3) is 0 Å². The van der Waals surface area contributed by atoms with Crippen molar-refractivity contribution in [2.75, 3.05) is 0 Å². The molecule has 6 aromatic rings. The number of hydrogen-bond acceptors (Lipinski definition) is 1. The fraction of sp³-hybridized carbons (Fsp3) is 0.0476. The van der Waals surface area contributed by atoms with E-state index in [0.717, 1.165) is 5.75 Å². The van der Waals surface area contributed by atoms with Gasteiger partial charge in [-0.1, -0.05) is 188 Å². The molecule has 0 aromatic heterocycles. The lowest BCUT2D eigenvalue weighted by Gasteiger charge is -2.44. The van der Waals surface area contributed by atoms with E-state index in [9.17, 15) is 0 Å². The van der Waals surface area contributed by atoms with E-state index in [1.165, 1.54) is 42.4 Å². The molecule has 8 rings (SSSR count). The van der Waals surface area contributed by atoms with E-state index in [-0.39, 0.29) is 11.8 Å². The van der Waals surface area contributed by atoms with Crippen molar-refractivity contribution in [3.05, 3.63) is 193 Å². The van der Waals surface area contributed by atoms with Crippen LogP contribution >= 0.6 is 23.8 Å². The molecule has 222 valence electrons. The molecule has 2 aliphatic rings. The van der Waals surface area contributed by atoms with Crippen molar-refractivity contribution in [3.8, 4) is 5.75 Å². The monoisotopic (exact) mass is 646 g/mol. The number of hydrogen-bond donors (Lipinski definition) is 0. The fourth-order valence-electron chi connectivity index (χ4n) is 6.56. The van der Waals surface area contributed by atoms with E-state index in [4.69, 9.17) is 4.74 Å². The van der Waals surface area contributed by atoms with Crippen LogP contribution in [0.4, 0.5) is 0 Å². The number of benzene rings is 6. The van der Waals surface area contributed by atoms with Crippen LogP contribution in [0.15, 0.2) is 193 Å². The highest BCUT2D eigenvalue weighted by Gasteiger charge is 2.44. The summed E-state index contributed by atoms with van der Waals surface area (Å²) in [5, 5.41) is 10.8. The lowest BCUT2D eigenvalue weighted by molar-refractivity contribution is 0.251. The highest BCUT2D eigenvalue weighted by Crippen LogP contribution is 2.57. The number of allylic oxidation sites excluding steroid dienone is 2. The molecular formula is C42H33OP3. The molecule has 0 saturated heterocycles. The molecular weight excluding hydrogens is 613 g/mol. The van der Waals surface area contributed by atoms with Gasteiger partial charge in [-0.2, -0.15) is 0 Å². The molecule has 0 bridgehead atoms. The van der Waals surface area contributed by atoms with Crippen molar-refractivity contribution < 1.29 is 4.74 Å². The highest BCUT2D eigenvalue weighted by atomic mass is 31.1. The van der Waals surface area contributed by atoms with Crippen molar-refractivity contribution in [1.82, 2.24) is 0 Å². The molecule has 46 heavy (non-hydrogen) atoms. The molecule has 0 N–H and O–H groups in total. The summed E-state index contributed by atoms with van der Waals surface area (Å²) in [5.41, 5.74) is 0.234. The maximum absolute atomic E-state index is 7.51. The minimum Gasteiger partial charge on any atom is -0.483 e. The van der Waals surface area contributed by atoms with E-state index in [0.29, 0.717) is 0 Å². The number of para-hydroxylation sites is 1. The van der Waals surface area contributed by atoms with Crippen LogP contribution in [-0.2, 0) is 0 Å². The third kappa shape index (κ3) is 5.59. The Bertz CT molecular complexity index is 1900. The highest BCUT2D eigenvalue weighted by molar-refractivity contribution is 7.80. The van der Waals surface area contributed by atoms with Crippen molar-refractivity contribution >= 4 is 60.9 Å². The van der Waals surface area contributed by atoms with E-state index in [1.807, 2.05) is 0 Å². The molecule has 3 unspecified atom stereocenters. The van der Waals surface area contributed by atoms with Crippen LogP contribution in [0.25, 0.3) is 0 Å². The average Bonchev–Trinajstić information content (AvgIpc) is 3.13. The predicted molar refractivity (Wildman–Crippen MR) is 202 cm³/mol. The zero-order chi connectivity index (χ0) is 30.7. The molecule has 0 amide bonds. The van der Waals surface area contributed by atoms with Gasteiger partial charge >= 0.3 is 0 Å². The summed E-state index contributed by atoms with van der Waals surface area (Å²) < 4.78 is 7.51. The molecule has 0 spiro atoms. The topological polar surface area (TPSA) is 9.23 Å². The molecule has 3 atom stereocenters. The Morgan fingerprint density at radius 1 is 0.478 bits per heavy atom. The molecule has 0 radical (unpaired) electrons. The van der Waals surface area contributed by atoms with Gasteiger partial charge in [-0.25, -0.2) is 0 Å². The predicted octanol–water partition coefficient (Wildman–Crippen LogP) is 7.59. The Morgan fingerprint density at radius 2 is 0.957 bits per heavy atom. The largest absolute Gasteiger partial charge is 0.483 e. The summed E-state index contributed by atoms with van der Waals surface area (Å²) in [6.07, 6.45) is 7.01. The Labute approximate surface area is 275 Å². The second-order valence-corrected chi connectivity index (χ2v) is 18.1. The van der Waals surface area contributed by atoms with E-state index < -0.39 is 23.8 Å². The Balaban J connectivity index is 1.34. The minimum absolute atomic E-state index is 0.0695. The van der Waals surface area contributed by atoms with E-state index >= 15 is 0 Å². The summed E-state index contributed by atoms with van der Waals surface area (Å²) in [6.45, 7) is 0. The third-order valence-electron chi connectivity index (χ3n) is 8.54. The molecule has 4 heteroatoms. The summed E-state index contributed by atoms with van der Waals surface area (Å²) in [6, 6.07) is 62.1. The Kier molecular flexibility index (Phi) is 8.49. The molecule has 1 nitrogen and oxygen atoms in total. The van der Waals surface area contributed by atoms with Gasteiger partial charge in [0.05, 0.1) is 0 Å².